The van der Waals surface area contributed by atoms with Crippen LogP contribution < -0.4 is 5.32 Å². The number of rotatable bonds is 4. The van der Waals surface area contributed by atoms with Crippen LogP contribution in [0.15, 0.2) is 24.3 Å². The summed E-state index contributed by atoms with van der Waals surface area (Å²) in [6, 6.07) is 1.67. The maximum absolute atomic E-state index is 12.6. The molecule has 0 bridgehead atoms. The van der Waals surface area contributed by atoms with Gasteiger partial charge in [-0.15, -0.1) is 0 Å². The van der Waals surface area contributed by atoms with Crippen molar-refractivity contribution in [1.82, 2.24) is 5.32 Å². The first-order chi connectivity index (χ1) is 9.50. The molecular formula is C14H15F6N. The fraction of sp³-hybridized carbons (Fsp3) is 0.429. The SMILES string of the molecule is CC(C)NC/C=C/c1cc(C(F)(F)F)cc(C(F)(F)F)c1. The molecule has 7 heteroatoms. The van der Waals surface area contributed by atoms with E-state index in [1.165, 1.54) is 12.2 Å². The predicted molar refractivity (Wildman–Crippen MR) is 68.6 cm³/mol. The summed E-state index contributed by atoms with van der Waals surface area (Å²) in [6.07, 6.45) is -6.92. The quantitative estimate of drug-likeness (QED) is 0.792. The van der Waals surface area contributed by atoms with Crippen LogP contribution in [0.4, 0.5) is 26.3 Å². The molecule has 0 atom stereocenters. The molecule has 0 radical (unpaired) electrons. The number of alkyl halides is 6. The minimum Gasteiger partial charge on any atom is -0.311 e. The zero-order valence-electron chi connectivity index (χ0n) is 11.4. The molecule has 1 aromatic carbocycles. The molecule has 0 aliphatic rings. The smallest absolute Gasteiger partial charge is 0.311 e. The van der Waals surface area contributed by atoms with E-state index in [1.54, 1.807) is 0 Å². The zero-order valence-corrected chi connectivity index (χ0v) is 11.4. The zero-order chi connectivity index (χ0) is 16.3. The first kappa shape index (κ1) is 17.6. The van der Waals surface area contributed by atoms with Gasteiger partial charge in [0.2, 0.25) is 0 Å². The van der Waals surface area contributed by atoms with Gasteiger partial charge in [0.25, 0.3) is 0 Å². The van der Waals surface area contributed by atoms with E-state index in [-0.39, 0.29) is 17.7 Å². The molecule has 1 N–H and O–H groups in total. The Morgan fingerprint density at radius 3 is 1.81 bits per heavy atom. The van der Waals surface area contributed by atoms with Gasteiger partial charge in [0.05, 0.1) is 11.1 Å². The summed E-state index contributed by atoms with van der Waals surface area (Å²) in [7, 11) is 0. The Morgan fingerprint density at radius 2 is 1.43 bits per heavy atom. The second-order valence-electron chi connectivity index (χ2n) is 4.80. The predicted octanol–water partition coefficient (Wildman–Crippen LogP) is 4.74. The number of hydrogen-bond acceptors (Lipinski definition) is 1. The van der Waals surface area contributed by atoms with Crippen LogP contribution in [-0.2, 0) is 12.4 Å². The van der Waals surface area contributed by atoms with E-state index >= 15 is 0 Å². The second-order valence-corrected chi connectivity index (χ2v) is 4.80. The molecule has 0 saturated heterocycles. The van der Waals surface area contributed by atoms with Crippen molar-refractivity contribution in [2.24, 2.45) is 0 Å². The van der Waals surface area contributed by atoms with E-state index in [2.05, 4.69) is 5.32 Å². The number of hydrogen-bond donors (Lipinski definition) is 1. The van der Waals surface area contributed by atoms with Crippen LogP contribution in [0.5, 0.6) is 0 Å². The highest BCUT2D eigenvalue weighted by Gasteiger charge is 2.36. The average molecular weight is 311 g/mol. The van der Waals surface area contributed by atoms with Gasteiger partial charge in [0.1, 0.15) is 0 Å². The normalized spacial score (nSPS) is 13.4. The highest BCUT2D eigenvalue weighted by Crippen LogP contribution is 2.36. The molecule has 0 aromatic heterocycles. The molecule has 0 amide bonds. The third kappa shape index (κ3) is 5.79. The lowest BCUT2D eigenvalue weighted by Crippen LogP contribution is -2.22. The molecular weight excluding hydrogens is 296 g/mol. The first-order valence-corrected chi connectivity index (χ1v) is 6.19. The minimum absolute atomic E-state index is 0.115. The lowest BCUT2D eigenvalue weighted by Gasteiger charge is -2.13. The van der Waals surface area contributed by atoms with Crippen LogP contribution in [0.25, 0.3) is 6.08 Å². The Bertz CT molecular complexity index is 467. The molecule has 0 fully saturated rings. The van der Waals surface area contributed by atoms with Crippen molar-refractivity contribution >= 4 is 6.08 Å². The van der Waals surface area contributed by atoms with E-state index in [9.17, 15) is 26.3 Å². The monoisotopic (exact) mass is 311 g/mol. The van der Waals surface area contributed by atoms with Crippen LogP contribution in [0, 0.1) is 0 Å². The Balaban J connectivity index is 3.08. The van der Waals surface area contributed by atoms with Crippen LogP contribution in [-0.4, -0.2) is 12.6 Å². The van der Waals surface area contributed by atoms with Crippen LogP contribution in [0.3, 0.4) is 0 Å². The van der Waals surface area contributed by atoms with Gasteiger partial charge in [-0.25, -0.2) is 0 Å². The molecule has 0 aliphatic carbocycles. The topological polar surface area (TPSA) is 12.0 Å². The standard InChI is InChI=1S/C14H15F6N/c1-9(2)21-5-3-4-10-6-11(13(15,16)17)8-12(7-10)14(18,19)20/h3-4,6-9,21H,5H2,1-2H3/b4-3+. The van der Waals surface area contributed by atoms with E-state index in [4.69, 9.17) is 0 Å². The van der Waals surface area contributed by atoms with Crippen molar-refractivity contribution in [3.05, 3.63) is 41.0 Å². The fourth-order valence-corrected chi connectivity index (χ4v) is 1.57. The first-order valence-electron chi connectivity index (χ1n) is 6.19. The lowest BCUT2D eigenvalue weighted by molar-refractivity contribution is -0.143. The Labute approximate surface area is 118 Å². The Hall–Kier alpha value is -1.50. The summed E-state index contributed by atoms with van der Waals surface area (Å²) in [5.74, 6) is 0. The fourth-order valence-electron chi connectivity index (χ4n) is 1.57. The molecule has 0 heterocycles. The minimum atomic E-state index is -4.82. The van der Waals surface area contributed by atoms with Gasteiger partial charge in [-0.2, -0.15) is 26.3 Å². The largest absolute Gasteiger partial charge is 0.416 e. The summed E-state index contributed by atoms with van der Waals surface area (Å²) in [5, 5.41) is 2.97. The average Bonchev–Trinajstić information content (AvgIpc) is 2.32. The van der Waals surface area contributed by atoms with Gasteiger partial charge in [0, 0.05) is 12.6 Å². The maximum Gasteiger partial charge on any atom is 0.416 e. The van der Waals surface area contributed by atoms with Gasteiger partial charge in [-0.05, 0) is 23.8 Å². The highest BCUT2D eigenvalue weighted by atomic mass is 19.4. The summed E-state index contributed by atoms with van der Waals surface area (Å²) < 4.78 is 75.8. The molecule has 1 aromatic rings. The van der Waals surface area contributed by atoms with Crippen molar-refractivity contribution in [2.75, 3.05) is 6.54 Å². The second kappa shape index (κ2) is 6.51. The van der Waals surface area contributed by atoms with Crippen molar-refractivity contribution in [1.29, 1.82) is 0 Å². The van der Waals surface area contributed by atoms with Crippen LogP contribution in [0.1, 0.15) is 30.5 Å². The molecule has 118 valence electrons. The molecule has 0 unspecified atom stereocenters. The van der Waals surface area contributed by atoms with Gasteiger partial charge in [0.15, 0.2) is 0 Å². The lowest BCUT2D eigenvalue weighted by atomic mass is 10.0. The van der Waals surface area contributed by atoms with Crippen molar-refractivity contribution in [3.63, 3.8) is 0 Å². The molecule has 0 saturated carbocycles. The van der Waals surface area contributed by atoms with Gasteiger partial charge < -0.3 is 5.32 Å². The Kier molecular flexibility index (Phi) is 5.44. The van der Waals surface area contributed by atoms with E-state index in [0.717, 1.165) is 0 Å². The highest BCUT2D eigenvalue weighted by molar-refractivity contribution is 5.53. The van der Waals surface area contributed by atoms with Crippen LogP contribution >= 0.6 is 0 Å². The summed E-state index contributed by atoms with van der Waals surface area (Å²) >= 11 is 0. The summed E-state index contributed by atoms with van der Waals surface area (Å²) in [4.78, 5) is 0. The number of benzene rings is 1. The molecule has 0 spiro atoms. The van der Waals surface area contributed by atoms with Gasteiger partial charge >= 0.3 is 12.4 Å². The van der Waals surface area contributed by atoms with E-state index < -0.39 is 23.5 Å². The number of halogens is 6. The summed E-state index contributed by atoms with van der Waals surface area (Å²) in [6.45, 7) is 4.11. The molecule has 21 heavy (non-hydrogen) atoms. The third-order valence-electron chi connectivity index (χ3n) is 2.56. The van der Waals surface area contributed by atoms with Gasteiger partial charge in [-0.3, -0.25) is 0 Å². The molecule has 1 rings (SSSR count). The van der Waals surface area contributed by atoms with Gasteiger partial charge in [-0.1, -0.05) is 26.0 Å². The molecule has 0 aliphatic heterocycles. The van der Waals surface area contributed by atoms with E-state index in [1.807, 2.05) is 13.8 Å². The van der Waals surface area contributed by atoms with E-state index in [0.29, 0.717) is 18.7 Å². The third-order valence-corrected chi connectivity index (χ3v) is 2.56. The van der Waals surface area contributed by atoms with Crippen molar-refractivity contribution in [2.45, 2.75) is 32.2 Å². The van der Waals surface area contributed by atoms with Crippen molar-refractivity contribution in [3.8, 4) is 0 Å². The van der Waals surface area contributed by atoms with Crippen LogP contribution in [0.2, 0.25) is 0 Å². The maximum atomic E-state index is 12.6. The number of nitrogens with one attached hydrogen (secondary N) is 1. The Morgan fingerprint density at radius 1 is 0.952 bits per heavy atom. The molecule has 1 nitrogen and oxygen atoms in total. The van der Waals surface area contributed by atoms with Crippen molar-refractivity contribution < 1.29 is 26.3 Å². The summed E-state index contributed by atoms with van der Waals surface area (Å²) in [5.41, 5.74) is -2.76.